The van der Waals surface area contributed by atoms with E-state index in [4.69, 9.17) is 0 Å². The largest absolute Gasteiger partial charge is 0.309 e. The molecule has 0 saturated heterocycles. The number of fused-ring (bicyclic) bond motifs is 1. The van der Waals surface area contributed by atoms with Crippen LogP contribution in [0.3, 0.4) is 0 Å². The molecule has 0 radical (unpaired) electrons. The maximum absolute atomic E-state index is 14.4. The molecule has 1 aromatic heterocycles. The second kappa shape index (κ2) is 7.74. The lowest BCUT2D eigenvalue weighted by Crippen LogP contribution is -2.24. The first-order chi connectivity index (χ1) is 14.7. The molecule has 2 nitrogen and oxygen atoms in total. The van der Waals surface area contributed by atoms with Crippen molar-refractivity contribution in [1.29, 1.82) is 0 Å². The summed E-state index contributed by atoms with van der Waals surface area (Å²) in [5.41, 5.74) is 3.09. The summed E-state index contributed by atoms with van der Waals surface area (Å²) in [6, 6.07) is 37.8. The van der Waals surface area contributed by atoms with Gasteiger partial charge in [0.15, 0.2) is 7.14 Å². The fraction of sp³-hybridized carbons (Fsp3) is 0. The molecule has 0 spiro atoms. The van der Waals surface area contributed by atoms with E-state index in [9.17, 15) is 4.57 Å². The van der Waals surface area contributed by atoms with Crippen LogP contribution >= 0.6 is 7.14 Å². The summed E-state index contributed by atoms with van der Waals surface area (Å²) in [6.45, 7) is 0. The zero-order valence-corrected chi connectivity index (χ0v) is 17.2. The number of nitrogens with zero attached hydrogens (tertiary/aromatic N) is 1. The number of rotatable bonds is 4. The molecule has 0 fully saturated rings. The highest BCUT2D eigenvalue weighted by Gasteiger charge is 2.29. The van der Waals surface area contributed by atoms with Gasteiger partial charge in [0, 0.05) is 33.1 Å². The first kappa shape index (κ1) is 18.5. The average molecular weight is 405 g/mol. The number of hydrogen-bond donors (Lipinski definition) is 0. The molecule has 0 aliphatic rings. The SMILES string of the molecule is O=P(c1ccccc1)(c1ccccc1)c1ccc(-c2cnc3ccccc3c2)cc1. The Hall–Kier alpha value is -3.48. The topological polar surface area (TPSA) is 30.0 Å². The summed E-state index contributed by atoms with van der Waals surface area (Å²) in [7, 11) is -2.94. The van der Waals surface area contributed by atoms with E-state index in [2.05, 4.69) is 17.1 Å². The number of pyridine rings is 1. The summed E-state index contributed by atoms with van der Waals surface area (Å²) < 4.78 is 14.4. The fourth-order valence-electron chi connectivity index (χ4n) is 3.82. The van der Waals surface area contributed by atoms with Gasteiger partial charge >= 0.3 is 0 Å². The molecule has 0 unspecified atom stereocenters. The highest BCUT2D eigenvalue weighted by Crippen LogP contribution is 2.42. The maximum Gasteiger partial charge on any atom is 0.171 e. The molecular formula is C27H20NOP. The summed E-state index contributed by atoms with van der Waals surface area (Å²) in [5, 5.41) is 3.63. The molecule has 30 heavy (non-hydrogen) atoms. The predicted molar refractivity (Wildman–Crippen MR) is 127 cm³/mol. The monoisotopic (exact) mass is 405 g/mol. The van der Waals surface area contributed by atoms with Crippen molar-refractivity contribution < 1.29 is 4.57 Å². The van der Waals surface area contributed by atoms with Crippen LogP contribution in [0.15, 0.2) is 121 Å². The van der Waals surface area contributed by atoms with Crippen LogP contribution in [0, 0.1) is 0 Å². The molecule has 1 heterocycles. The molecule has 0 saturated carbocycles. The van der Waals surface area contributed by atoms with Gasteiger partial charge in [0.2, 0.25) is 0 Å². The lowest BCUT2D eigenvalue weighted by Gasteiger charge is -2.20. The van der Waals surface area contributed by atoms with Crippen LogP contribution in [-0.4, -0.2) is 4.98 Å². The van der Waals surface area contributed by atoms with Gasteiger partial charge in [-0.05, 0) is 17.7 Å². The van der Waals surface area contributed by atoms with Crippen LogP contribution in [0.4, 0.5) is 0 Å². The molecule has 0 bridgehead atoms. The number of aromatic nitrogens is 1. The van der Waals surface area contributed by atoms with Gasteiger partial charge in [-0.25, -0.2) is 0 Å². The smallest absolute Gasteiger partial charge is 0.171 e. The molecule has 0 amide bonds. The number of benzene rings is 4. The molecule has 4 aromatic carbocycles. The van der Waals surface area contributed by atoms with E-state index in [1.807, 2.05) is 109 Å². The third-order valence-corrected chi connectivity index (χ3v) is 8.47. The number of hydrogen-bond acceptors (Lipinski definition) is 2. The third kappa shape index (κ3) is 3.26. The Labute approximate surface area is 176 Å². The van der Waals surface area contributed by atoms with Gasteiger partial charge in [-0.15, -0.1) is 0 Å². The molecule has 5 rings (SSSR count). The molecule has 0 N–H and O–H groups in total. The van der Waals surface area contributed by atoms with Gasteiger partial charge in [0.1, 0.15) is 0 Å². The van der Waals surface area contributed by atoms with Crippen LogP contribution in [-0.2, 0) is 4.57 Å². The van der Waals surface area contributed by atoms with Crippen molar-refractivity contribution in [1.82, 2.24) is 4.98 Å². The molecule has 0 aliphatic carbocycles. The maximum atomic E-state index is 14.4. The van der Waals surface area contributed by atoms with Crippen LogP contribution in [0.5, 0.6) is 0 Å². The minimum Gasteiger partial charge on any atom is -0.309 e. The molecule has 3 heteroatoms. The van der Waals surface area contributed by atoms with E-state index in [1.165, 1.54) is 0 Å². The minimum atomic E-state index is -2.94. The van der Waals surface area contributed by atoms with Crippen molar-refractivity contribution in [2.75, 3.05) is 0 Å². The van der Waals surface area contributed by atoms with Crippen LogP contribution in [0.25, 0.3) is 22.0 Å². The van der Waals surface area contributed by atoms with Crippen molar-refractivity contribution in [3.63, 3.8) is 0 Å². The van der Waals surface area contributed by atoms with E-state index in [0.29, 0.717) is 0 Å². The van der Waals surface area contributed by atoms with Gasteiger partial charge in [-0.3, -0.25) is 4.98 Å². The van der Waals surface area contributed by atoms with Crippen LogP contribution in [0.2, 0.25) is 0 Å². The second-order valence-corrected chi connectivity index (χ2v) is 10.0. The summed E-state index contributed by atoms with van der Waals surface area (Å²) in [4.78, 5) is 4.57. The molecule has 0 aliphatic heterocycles. The zero-order chi connectivity index (χ0) is 20.4. The lowest BCUT2D eigenvalue weighted by molar-refractivity contribution is 0.592. The average Bonchev–Trinajstić information content (AvgIpc) is 2.84. The molecule has 144 valence electrons. The van der Waals surface area contributed by atoms with Gasteiger partial charge in [0.25, 0.3) is 0 Å². The summed E-state index contributed by atoms with van der Waals surface area (Å²) in [5.74, 6) is 0. The van der Waals surface area contributed by atoms with Crippen LogP contribution in [0.1, 0.15) is 0 Å². The standard InChI is InChI=1S/C27H20NOP/c29-30(24-10-3-1-4-11-24,25-12-5-2-6-13-25)26-17-15-21(16-18-26)23-19-22-9-7-8-14-27(22)28-20-23/h1-20H. The predicted octanol–water partition coefficient (Wildman–Crippen LogP) is 5.54. The van der Waals surface area contributed by atoms with E-state index >= 15 is 0 Å². The van der Waals surface area contributed by atoms with E-state index in [1.54, 1.807) is 0 Å². The van der Waals surface area contributed by atoms with Gasteiger partial charge in [-0.1, -0.05) is 103 Å². The van der Waals surface area contributed by atoms with Crippen molar-refractivity contribution in [3.8, 4) is 11.1 Å². The Balaban J connectivity index is 1.60. The normalized spacial score (nSPS) is 11.5. The van der Waals surface area contributed by atoms with Crippen molar-refractivity contribution in [2.24, 2.45) is 0 Å². The Kier molecular flexibility index (Phi) is 4.78. The highest BCUT2D eigenvalue weighted by atomic mass is 31.2. The number of para-hydroxylation sites is 1. The lowest BCUT2D eigenvalue weighted by atomic mass is 10.1. The van der Waals surface area contributed by atoms with E-state index in [-0.39, 0.29) is 0 Å². The highest BCUT2D eigenvalue weighted by molar-refractivity contribution is 7.85. The van der Waals surface area contributed by atoms with E-state index < -0.39 is 7.14 Å². The van der Waals surface area contributed by atoms with Gasteiger partial charge in [0.05, 0.1) is 5.52 Å². The van der Waals surface area contributed by atoms with Gasteiger partial charge in [-0.2, -0.15) is 0 Å². The van der Waals surface area contributed by atoms with Crippen LogP contribution < -0.4 is 15.9 Å². The molecule has 0 atom stereocenters. The quantitative estimate of drug-likeness (QED) is 0.368. The minimum absolute atomic E-state index is 0.831. The Bertz CT molecular complexity index is 1300. The zero-order valence-electron chi connectivity index (χ0n) is 16.3. The van der Waals surface area contributed by atoms with E-state index in [0.717, 1.165) is 37.9 Å². The molecular weight excluding hydrogens is 385 g/mol. The Morgan fingerprint density at radius 1 is 0.533 bits per heavy atom. The Morgan fingerprint density at radius 3 is 1.70 bits per heavy atom. The summed E-state index contributed by atoms with van der Waals surface area (Å²) in [6.07, 6.45) is 1.89. The van der Waals surface area contributed by atoms with Crippen molar-refractivity contribution >= 4 is 34.0 Å². The van der Waals surface area contributed by atoms with Crippen molar-refractivity contribution in [3.05, 3.63) is 121 Å². The van der Waals surface area contributed by atoms with Crippen molar-refractivity contribution in [2.45, 2.75) is 0 Å². The van der Waals surface area contributed by atoms with Gasteiger partial charge < -0.3 is 4.57 Å². The first-order valence-corrected chi connectivity index (χ1v) is 11.6. The molecule has 5 aromatic rings. The first-order valence-electron chi connectivity index (χ1n) is 9.92. The second-order valence-electron chi connectivity index (χ2n) is 7.24. The third-order valence-electron chi connectivity index (χ3n) is 5.39. The summed E-state index contributed by atoms with van der Waals surface area (Å²) >= 11 is 0. The fourth-order valence-corrected chi connectivity index (χ4v) is 6.46. The Morgan fingerprint density at radius 2 is 1.07 bits per heavy atom.